The van der Waals surface area contributed by atoms with Gasteiger partial charge in [0.1, 0.15) is 0 Å². The molecule has 0 spiro atoms. The van der Waals surface area contributed by atoms with E-state index in [9.17, 15) is 14.4 Å². The normalized spacial score (nSPS) is 14.8. The van der Waals surface area contributed by atoms with Gasteiger partial charge in [-0.15, -0.1) is 0 Å². The highest BCUT2D eigenvalue weighted by Crippen LogP contribution is 2.17. The van der Waals surface area contributed by atoms with Gasteiger partial charge in [0.2, 0.25) is 0 Å². The molecule has 6 heteroatoms. The summed E-state index contributed by atoms with van der Waals surface area (Å²) in [6, 6.07) is 6.65. The Morgan fingerprint density at radius 2 is 1.72 bits per heavy atom. The van der Waals surface area contributed by atoms with Crippen LogP contribution in [0, 0.1) is 0 Å². The number of urea groups is 1. The predicted molar refractivity (Wildman–Crippen MR) is 94.4 cm³/mol. The first-order chi connectivity index (χ1) is 12.0. The Morgan fingerprint density at radius 1 is 1.08 bits per heavy atom. The van der Waals surface area contributed by atoms with Crippen LogP contribution in [-0.2, 0) is 9.53 Å². The molecule has 1 aromatic carbocycles. The average Bonchev–Trinajstić information content (AvgIpc) is 2.60. The fourth-order valence-electron chi connectivity index (χ4n) is 2.85. The highest BCUT2D eigenvalue weighted by molar-refractivity contribution is 5.97. The van der Waals surface area contributed by atoms with Crippen LogP contribution < -0.4 is 10.6 Å². The number of carbonyl (C=O) groups excluding carboxylic acids is 3. The molecule has 1 saturated carbocycles. The van der Waals surface area contributed by atoms with Crippen LogP contribution in [0.25, 0.3) is 0 Å². The van der Waals surface area contributed by atoms with E-state index in [2.05, 4.69) is 24.5 Å². The molecule has 0 aliphatic heterocycles. The van der Waals surface area contributed by atoms with Gasteiger partial charge in [0.15, 0.2) is 6.61 Å². The number of carbonyl (C=O) groups is 3. The Kier molecular flexibility index (Phi) is 6.98. The fraction of sp³-hybridized carbons (Fsp3) is 0.526. The number of hydrogen-bond donors (Lipinski definition) is 2. The summed E-state index contributed by atoms with van der Waals surface area (Å²) < 4.78 is 4.95. The summed E-state index contributed by atoms with van der Waals surface area (Å²) in [6.07, 6.45) is 5.23. The molecule has 0 heterocycles. The van der Waals surface area contributed by atoms with Crippen LogP contribution in [0.4, 0.5) is 4.79 Å². The lowest BCUT2D eigenvalue weighted by atomic mass is 9.96. The molecule has 2 N–H and O–H groups in total. The molecule has 1 aliphatic rings. The quantitative estimate of drug-likeness (QED) is 0.802. The maximum atomic E-state index is 11.9. The monoisotopic (exact) mass is 346 g/mol. The minimum Gasteiger partial charge on any atom is -0.452 e. The fourth-order valence-corrected chi connectivity index (χ4v) is 2.85. The van der Waals surface area contributed by atoms with Crippen LogP contribution in [0.3, 0.4) is 0 Å². The van der Waals surface area contributed by atoms with Crippen LogP contribution in [0.2, 0.25) is 0 Å². The minimum absolute atomic E-state index is 0.114. The highest BCUT2D eigenvalue weighted by atomic mass is 16.5. The molecule has 0 bridgehead atoms. The topological polar surface area (TPSA) is 84.5 Å². The van der Waals surface area contributed by atoms with Crippen LogP contribution in [0.5, 0.6) is 0 Å². The van der Waals surface area contributed by atoms with Crippen molar-refractivity contribution in [2.75, 3.05) is 6.61 Å². The maximum absolute atomic E-state index is 11.9. The third-order valence-corrected chi connectivity index (χ3v) is 4.34. The zero-order valence-corrected chi connectivity index (χ0v) is 14.8. The first-order valence-electron chi connectivity index (χ1n) is 8.83. The predicted octanol–water partition coefficient (Wildman–Crippen LogP) is 3.13. The summed E-state index contributed by atoms with van der Waals surface area (Å²) in [5.41, 5.74) is 1.50. The summed E-state index contributed by atoms with van der Waals surface area (Å²) in [5.74, 6) is -0.850. The summed E-state index contributed by atoms with van der Waals surface area (Å²) >= 11 is 0. The van der Waals surface area contributed by atoms with Gasteiger partial charge < -0.3 is 10.1 Å². The molecular weight excluding hydrogens is 320 g/mol. The Balaban J connectivity index is 1.73. The van der Waals surface area contributed by atoms with Gasteiger partial charge in [0, 0.05) is 6.04 Å². The summed E-state index contributed by atoms with van der Waals surface area (Å²) in [6.45, 7) is 3.65. The first-order valence-corrected chi connectivity index (χ1v) is 8.83. The zero-order chi connectivity index (χ0) is 18.2. The van der Waals surface area contributed by atoms with E-state index in [1.807, 2.05) is 12.1 Å². The minimum atomic E-state index is -0.638. The van der Waals surface area contributed by atoms with Crippen LogP contribution in [-0.4, -0.2) is 30.6 Å². The number of nitrogens with one attached hydrogen (secondary N) is 2. The number of amides is 3. The molecule has 0 atom stereocenters. The van der Waals surface area contributed by atoms with Crippen molar-refractivity contribution in [1.82, 2.24) is 10.6 Å². The average molecular weight is 346 g/mol. The van der Waals surface area contributed by atoms with Crippen LogP contribution in [0.15, 0.2) is 24.3 Å². The summed E-state index contributed by atoms with van der Waals surface area (Å²) in [7, 11) is 0. The molecule has 2 rings (SSSR count). The van der Waals surface area contributed by atoms with Crippen molar-refractivity contribution in [3.8, 4) is 0 Å². The third-order valence-electron chi connectivity index (χ3n) is 4.34. The van der Waals surface area contributed by atoms with Crippen molar-refractivity contribution in [2.45, 2.75) is 57.9 Å². The Bertz CT molecular complexity index is 604. The molecule has 25 heavy (non-hydrogen) atoms. The van der Waals surface area contributed by atoms with Crippen LogP contribution >= 0.6 is 0 Å². The van der Waals surface area contributed by atoms with Gasteiger partial charge in [-0.1, -0.05) is 45.2 Å². The van der Waals surface area contributed by atoms with Gasteiger partial charge in [-0.05, 0) is 36.5 Å². The van der Waals surface area contributed by atoms with Gasteiger partial charge in [0.25, 0.3) is 5.91 Å². The van der Waals surface area contributed by atoms with E-state index >= 15 is 0 Å². The van der Waals surface area contributed by atoms with E-state index < -0.39 is 24.5 Å². The SMILES string of the molecule is CC(C)c1ccc(C(=O)OCC(=O)NC(=O)NC2CCCCC2)cc1. The van der Waals surface area contributed by atoms with E-state index in [-0.39, 0.29) is 6.04 Å². The third kappa shape index (κ3) is 6.21. The lowest BCUT2D eigenvalue weighted by Crippen LogP contribution is -2.46. The maximum Gasteiger partial charge on any atom is 0.338 e. The number of hydrogen-bond acceptors (Lipinski definition) is 4. The van der Waals surface area contributed by atoms with Crippen molar-refractivity contribution >= 4 is 17.9 Å². The first kappa shape index (κ1) is 19.0. The standard InChI is InChI=1S/C19H26N2O4/c1-13(2)14-8-10-15(11-9-14)18(23)25-12-17(22)21-19(24)20-16-6-4-3-5-7-16/h8-11,13,16H,3-7,12H2,1-2H3,(H2,20,21,22,24). The molecule has 3 amide bonds. The van der Waals surface area contributed by atoms with Gasteiger partial charge in [-0.2, -0.15) is 0 Å². The van der Waals surface area contributed by atoms with Crippen molar-refractivity contribution in [3.63, 3.8) is 0 Å². The van der Waals surface area contributed by atoms with E-state index in [0.717, 1.165) is 31.2 Å². The zero-order valence-electron chi connectivity index (χ0n) is 14.8. The number of esters is 1. The molecule has 1 aliphatic carbocycles. The van der Waals surface area contributed by atoms with Crippen molar-refractivity contribution in [2.24, 2.45) is 0 Å². The number of benzene rings is 1. The lowest BCUT2D eigenvalue weighted by Gasteiger charge is -2.22. The highest BCUT2D eigenvalue weighted by Gasteiger charge is 2.17. The van der Waals surface area contributed by atoms with E-state index in [4.69, 9.17) is 4.74 Å². The van der Waals surface area contributed by atoms with E-state index in [1.165, 1.54) is 6.42 Å². The number of imide groups is 1. The summed E-state index contributed by atoms with van der Waals surface area (Å²) in [5, 5.41) is 4.97. The molecule has 0 aromatic heterocycles. The molecule has 136 valence electrons. The number of rotatable bonds is 5. The van der Waals surface area contributed by atoms with E-state index in [1.54, 1.807) is 12.1 Å². The second kappa shape index (κ2) is 9.20. The van der Waals surface area contributed by atoms with Crippen molar-refractivity contribution in [1.29, 1.82) is 0 Å². The Labute approximate surface area is 148 Å². The van der Waals surface area contributed by atoms with Gasteiger partial charge in [-0.3, -0.25) is 10.1 Å². The largest absolute Gasteiger partial charge is 0.452 e. The molecule has 1 aromatic rings. The van der Waals surface area contributed by atoms with Gasteiger partial charge in [0.05, 0.1) is 5.56 Å². The molecule has 1 fully saturated rings. The van der Waals surface area contributed by atoms with Gasteiger partial charge in [-0.25, -0.2) is 9.59 Å². The molecule has 0 saturated heterocycles. The van der Waals surface area contributed by atoms with Crippen molar-refractivity contribution in [3.05, 3.63) is 35.4 Å². The molecule has 0 unspecified atom stereocenters. The Morgan fingerprint density at radius 3 is 2.32 bits per heavy atom. The van der Waals surface area contributed by atoms with Crippen LogP contribution in [0.1, 0.15) is 67.8 Å². The smallest absolute Gasteiger partial charge is 0.338 e. The van der Waals surface area contributed by atoms with Crippen molar-refractivity contribution < 1.29 is 19.1 Å². The molecular formula is C19H26N2O4. The van der Waals surface area contributed by atoms with E-state index in [0.29, 0.717) is 11.5 Å². The van der Waals surface area contributed by atoms with Gasteiger partial charge >= 0.3 is 12.0 Å². The second-order valence-corrected chi connectivity index (χ2v) is 6.71. The number of ether oxygens (including phenoxy) is 1. The molecule has 0 radical (unpaired) electrons. The second-order valence-electron chi connectivity index (χ2n) is 6.71. The lowest BCUT2D eigenvalue weighted by molar-refractivity contribution is -0.123. The molecule has 6 nitrogen and oxygen atoms in total. The Hall–Kier alpha value is -2.37. The summed E-state index contributed by atoms with van der Waals surface area (Å²) in [4.78, 5) is 35.4.